The van der Waals surface area contributed by atoms with E-state index in [1.54, 1.807) is 0 Å². The molecule has 0 spiro atoms. The molecular formula is C5H9NO4S2. The van der Waals surface area contributed by atoms with E-state index in [1.807, 2.05) is 0 Å². The van der Waals surface area contributed by atoms with E-state index in [-0.39, 0.29) is 6.61 Å². The Bertz CT molecular complexity index is 160. The Balaban J connectivity index is 2.24. The number of ether oxygens (including phenoxy) is 3. The Hall–Kier alpha value is -0.110. The van der Waals surface area contributed by atoms with E-state index in [4.69, 9.17) is 14.2 Å². The summed E-state index contributed by atoms with van der Waals surface area (Å²) in [5.74, 6) is 0. The molecule has 0 aromatic rings. The maximum Gasteiger partial charge on any atom is 0.432 e. The molecule has 0 bridgehead atoms. The molecule has 12 heavy (non-hydrogen) atoms. The first-order valence-electron chi connectivity index (χ1n) is 3.28. The van der Waals surface area contributed by atoms with Crippen molar-refractivity contribution >= 4 is 31.7 Å². The van der Waals surface area contributed by atoms with Crippen LogP contribution in [0.3, 0.4) is 0 Å². The van der Waals surface area contributed by atoms with Gasteiger partial charge in [-0.1, -0.05) is 0 Å². The van der Waals surface area contributed by atoms with Gasteiger partial charge in [-0.3, -0.25) is 0 Å². The van der Waals surface area contributed by atoms with Crippen molar-refractivity contribution in [3.63, 3.8) is 0 Å². The van der Waals surface area contributed by atoms with Gasteiger partial charge in [0.15, 0.2) is 0 Å². The highest BCUT2D eigenvalue weighted by atomic mass is 32.2. The second-order valence-corrected chi connectivity index (χ2v) is 3.16. The summed E-state index contributed by atoms with van der Waals surface area (Å²) in [5, 5.41) is 0. The van der Waals surface area contributed by atoms with Crippen molar-refractivity contribution in [2.45, 2.75) is 6.29 Å². The Morgan fingerprint density at radius 2 is 2.25 bits per heavy atom. The lowest BCUT2D eigenvalue weighted by atomic mass is 10.6. The SMILES string of the molecule is O=C(OC1COCCO1)N(S)S. The molecule has 70 valence electrons. The zero-order valence-electron chi connectivity index (χ0n) is 6.17. The molecule has 0 saturated carbocycles. The summed E-state index contributed by atoms with van der Waals surface area (Å²) in [6, 6.07) is 0. The quantitative estimate of drug-likeness (QED) is 0.620. The van der Waals surface area contributed by atoms with E-state index >= 15 is 0 Å². The van der Waals surface area contributed by atoms with E-state index in [0.29, 0.717) is 13.2 Å². The molecule has 1 unspecified atom stereocenters. The lowest BCUT2D eigenvalue weighted by Crippen LogP contribution is -2.34. The highest BCUT2D eigenvalue weighted by molar-refractivity contribution is 7.94. The third-order valence-corrected chi connectivity index (χ3v) is 1.51. The van der Waals surface area contributed by atoms with Crippen molar-refractivity contribution in [3.05, 3.63) is 0 Å². The molecule has 1 aliphatic rings. The van der Waals surface area contributed by atoms with Crippen LogP contribution in [-0.2, 0) is 14.2 Å². The van der Waals surface area contributed by atoms with Gasteiger partial charge in [-0.05, 0) is 25.6 Å². The fourth-order valence-electron chi connectivity index (χ4n) is 0.694. The zero-order valence-corrected chi connectivity index (χ0v) is 7.96. The highest BCUT2D eigenvalue weighted by Crippen LogP contribution is 2.07. The first-order chi connectivity index (χ1) is 5.70. The number of carbonyl (C=O) groups is 1. The fourth-order valence-corrected chi connectivity index (χ4v) is 0.788. The molecule has 0 N–H and O–H groups in total. The molecular weight excluding hydrogens is 202 g/mol. The first-order valence-corrected chi connectivity index (χ1v) is 4.08. The normalized spacial score (nSPS) is 23.3. The summed E-state index contributed by atoms with van der Waals surface area (Å²) >= 11 is 7.24. The van der Waals surface area contributed by atoms with Gasteiger partial charge in [0.25, 0.3) is 0 Å². The number of hydrogen-bond acceptors (Lipinski definition) is 6. The van der Waals surface area contributed by atoms with E-state index in [1.165, 1.54) is 0 Å². The lowest BCUT2D eigenvalue weighted by Gasteiger charge is -2.23. The summed E-state index contributed by atoms with van der Waals surface area (Å²) in [5.41, 5.74) is 0. The van der Waals surface area contributed by atoms with Gasteiger partial charge in [0.05, 0.1) is 13.2 Å². The third-order valence-electron chi connectivity index (χ3n) is 1.18. The van der Waals surface area contributed by atoms with Gasteiger partial charge in [-0.15, -0.1) is 0 Å². The second kappa shape index (κ2) is 4.80. The topological polar surface area (TPSA) is 48.0 Å². The monoisotopic (exact) mass is 211 g/mol. The van der Waals surface area contributed by atoms with Gasteiger partial charge < -0.3 is 14.2 Å². The van der Waals surface area contributed by atoms with E-state index in [2.05, 4.69) is 25.6 Å². The minimum Gasteiger partial charge on any atom is -0.416 e. The van der Waals surface area contributed by atoms with Gasteiger partial charge in [0.2, 0.25) is 6.29 Å². The highest BCUT2D eigenvalue weighted by Gasteiger charge is 2.20. The Labute approximate surface area is 81.0 Å². The van der Waals surface area contributed by atoms with Gasteiger partial charge in [-0.25, -0.2) is 4.79 Å². The standard InChI is InChI=1S/C5H9NO4S2/c7-5(6(11)12)10-4-3-8-1-2-9-4/h4,11-12H,1-3H2. The molecule has 0 aromatic carbocycles. The van der Waals surface area contributed by atoms with Crippen LogP contribution in [0.5, 0.6) is 0 Å². The van der Waals surface area contributed by atoms with Crippen molar-refractivity contribution in [2.75, 3.05) is 19.8 Å². The van der Waals surface area contributed by atoms with Crippen LogP contribution in [0.4, 0.5) is 4.79 Å². The van der Waals surface area contributed by atoms with Crippen LogP contribution in [-0.4, -0.2) is 35.9 Å². The fraction of sp³-hybridized carbons (Fsp3) is 0.800. The van der Waals surface area contributed by atoms with E-state index in [0.717, 1.165) is 3.71 Å². The van der Waals surface area contributed by atoms with Gasteiger partial charge >= 0.3 is 6.09 Å². The molecule has 0 radical (unpaired) electrons. The molecule has 0 aromatic heterocycles. The lowest BCUT2D eigenvalue weighted by molar-refractivity contribution is -0.185. The maximum absolute atomic E-state index is 10.8. The Kier molecular flexibility index (Phi) is 3.99. The smallest absolute Gasteiger partial charge is 0.416 e. The van der Waals surface area contributed by atoms with Crippen LogP contribution < -0.4 is 0 Å². The molecule has 1 rings (SSSR count). The zero-order chi connectivity index (χ0) is 8.97. The van der Waals surface area contributed by atoms with Gasteiger partial charge in [0.1, 0.15) is 6.61 Å². The minimum absolute atomic E-state index is 0.251. The molecule has 1 amide bonds. The molecule has 7 heteroatoms. The summed E-state index contributed by atoms with van der Waals surface area (Å²) in [6.45, 7) is 1.21. The summed E-state index contributed by atoms with van der Waals surface area (Å²) in [6.07, 6.45) is -1.33. The van der Waals surface area contributed by atoms with Crippen molar-refractivity contribution in [1.82, 2.24) is 3.71 Å². The molecule has 1 atom stereocenters. The van der Waals surface area contributed by atoms with Crippen LogP contribution in [0.2, 0.25) is 0 Å². The van der Waals surface area contributed by atoms with Crippen molar-refractivity contribution in [1.29, 1.82) is 0 Å². The minimum atomic E-state index is -0.683. The predicted octanol–water partition coefficient (Wildman–Crippen LogP) is 0.487. The Morgan fingerprint density at radius 1 is 1.50 bits per heavy atom. The molecule has 1 aliphatic heterocycles. The van der Waals surface area contributed by atoms with Crippen LogP contribution in [0.1, 0.15) is 0 Å². The number of hydrogen-bond donors (Lipinski definition) is 2. The Morgan fingerprint density at radius 3 is 2.75 bits per heavy atom. The molecule has 1 fully saturated rings. The average Bonchev–Trinajstić information content (AvgIpc) is 2.06. The number of rotatable bonds is 1. The van der Waals surface area contributed by atoms with Crippen molar-refractivity contribution in [2.24, 2.45) is 0 Å². The summed E-state index contributed by atoms with van der Waals surface area (Å²) in [7, 11) is 0. The first kappa shape index (κ1) is 9.97. The van der Waals surface area contributed by atoms with Gasteiger partial charge in [0, 0.05) is 0 Å². The third kappa shape index (κ3) is 3.10. The van der Waals surface area contributed by atoms with Gasteiger partial charge in [-0.2, -0.15) is 3.71 Å². The number of thiol groups is 2. The number of carbonyl (C=O) groups excluding carboxylic acids is 1. The van der Waals surface area contributed by atoms with Crippen LogP contribution >= 0.6 is 25.6 Å². The van der Waals surface area contributed by atoms with Crippen LogP contribution in [0, 0.1) is 0 Å². The van der Waals surface area contributed by atoms with E-state index < -0.39 is 12.4 Å². The summed E-state index contributed by atoms with van der Waals surface area (Å²) in [4.78, 5) is 10.8. The largest absolute Gasteiger partial charge is 0.432 e. The molecule has 5 nitrogen and oxygen atoms in total. The number of amides is 1. The van der Waals surface area contributed by atoms with Crippen LogP contribution in [0.15, 0.2) is 0 Å². The average molecular weight is 211 g/mol. The van der Waals surface area contributed by atoms with Crippen molar-refractivity contribution in [3.8, 4) is 0 Å². The predicted molar refractivity (Wildman–Crippen MR) is 46.9 cm³/mol. The molecule has 0 aliphatic carbocycles. The van der Waals surface area contributed by atoms with Crippen LogP contribution in [0.25, 0.3) is 0 Å². The maximum atomic E-state index is 10.8. The second-order valence-electron chi connectivity index (χ2n) is 2.05. The van der Waals surface area contributed by atoms with Crippen molar-refractivity contribution < 1.29 is 19.0 Å². The number of nitrogens with zero attached hydrogens (tertiary/aromatic N) is 1. The molecule has 1 saturated heterocycles. The molecule has 1 heterocycles. The summed E-state index contributed by atoms with van der Waals surface area (Å²) < 4.78 is 15.5. The van der Waals surface area contributed by atoms with E-state index in [9.17, 15) is 4.79 Å².